The first-order chi connectivity index (χ1) is 10.2. The first-order valence-corrected chi connectivity index (χ1v) is 7.36. The second-order valence-electron chi connectivity index (χ2n) is 5.38. The van der Waals surface area contributed by atoms with Crippen molar-refractivity contribution in [1.82, 2.24) is 15.0 Å². The SMILES string of the molecule is CC(C)c1cc(N(CCCN)Cc2cccnc2)ncn1. The van der Waals surface area contributed by atoms with Crippen LogP contribution in [0.15, 0.2) is 36.9 Å². The van der Waals surface area contributed by atoms with Gasteiger partial charge in [0, 0.05) is 37.2 Å². The Balaban J connectivity index is 2.20. The van der Waals surface area contributed by atoms with Crippen LogP contribution in [-0.4, -0.2) is 28.0 Å². The van der Waals surface area contributed by atoms with E-state index < -0.39 is 0 Å². The Morgan fingerprint density at radius 3 is 2.81 bits per heavy atom. The molecule has 0 atom stereocenters. The Kier molecular flexibility index (Phi) is 5.63. The standard InChI is InChI=1S/C16H23N5/c1-13(2)15-9-16(20-12-19-15)21(8-4-6-17)11-14-5-3-7-18-10-14/h3,5,7,9-10,12-13H,4,6,8,11,17H2,1-2H3. The molecular formula is C16H23N5. The monoisotopic (exact) mass is 285 g/mol. The molecule has 2 aromatic heterocycles. The molecule has 21 heavy (non-hydrogen) atoms. The van der Waals surface area contributed by atoms with Crippen LogP contribution in [0.4, 0.5) is 5.82 Å². The topological polar surface area (TPSA) is 67.9 Å². The summed E-state index contributed by atoms with van der Waals surface area (Å²) in [4.78, 5) is 15.2. The molecule has 0 saturated carbocycles. The van der Waals surface area contributed by atoms with Gasteiger partial charge < -0.3 is 10.6 Å². The van der Waals surface area contributed by atoms with Crippen LogP contribution in [0.5, 0.6) is 0 Å². The molecule has 0 spiro atoms. The number of nitrogens with zero attached hydrogens (tertiary/aromatic N) is 4. The van der Waals surface area contributed by atoms with Crippen molar-refractivity contribution in [3.63, 3.8) is 0 Å². The van der Waals surface area contributed by atoms with Crippen LogP contribution in [0.2, 0.25) is 0 Å². The lowest BCUT2D eigenvalue weighted by Crippen LogP contribution is -2.26. The van der Waals surface area contributed by atoms with Gasteiger partial charge in [-0.05, 0) is 30.5 Å². The first kappa shape index (κ1) is 15.4. The number of hydrogen-bond donors (Lipinski definition) is 1. The van der Waals surface area contributed by atoms with Gasteiger partial charge in [-0.3, -0.25) is 4.98 Å². The number of pyridine rings is 1. The van der Waals surface area contributed by atoms with E-state index in [1.54, 1.807) is 12.5 Å². The van der Waals surface area contributed by atoms with E-state index in [2.05, 4.69) is 45.8 Å². The zero-order chi connectivity index (χ0) is 15.1. The van der Waals surface area contributed by atoms with E-state index in [1.807, 2.05) is 12.3 Å². The molecule has 2 heterocycles. The Hall–Kier alpha value is -2.01. The molecule has 0 aliphatic heterocycles. The van der Waals surface area contributed by atoms with E-state index in [0.717, 1.165) is 31.0 Å². The van der Waals surface area contributed by atoms with Crippen molar-refractivity contribution in [2.75, 3.05) is 18.0 Å². The van der Waals surface area contributed by atoms with Crippen molar-refractivity contribution in [3.8, 4) is 0 Å². The van der Waals surface area contributed by atoms with Crippen molar-refractivity contribution < 1.29 is 0 Å². The lowest BCUT2D eigenvalue weighted by molar-refractivity contribution is 0.717. The second-order valence-corrected chi connectivity index (χ2v) is 5.38. The van der Waals surface area contributed by atoms with Gasteiger partial charge in [0.2, 0.25) is 0 Å². The van der Waals surface area contributed by atoms with Crippen molar-refractivity contribution in [2.45, 2.75) is 32.7 Å². The fourth-order valence-electron chi connectivity index (χ4n) is 2.12. The van der Waals surface area contributed by atoms with Crippen LogP contribution >= 0.6 is 0 Å². The third-order valence-corrected chi connectivity index (χ3v) is 3.32. The maximum Gasteiger partial charge on any atom is 0.132 e. The fraction of sp³-hybridized carbons (Fsp3) is 0.438. The molecule has 0 aliphatic rings. The summed E-state index contributed by atoms with van der Waals surface area (Å²) in [6.07, 6.45) is 6.25. The van der Waals surface area contributed by atoms with E-state index in [1.165, 1.54) is 5.56 Å². The molecule has 5 nitrogen and oxygen atoms in total. The highest BCUT2D eigenvalue weighted by atomic mass is 15.2. The normalized spacial score (nSPS) is 10.9. The summed E-state index contributed by atoms with van der Waals surface area (Å²) in [7, 11) is 0. The van der Waals surface area contributed by atoms with E-state index >= 15 is 0 Å². The van der Waals surface area contributed by atoms with Gasteiger partial charge in [-0.1, -0.05) is 19.9 Å². The molecule has 0 bridgehead atoms. The summed E-state index contributed by atoms with van der Waals surface area (Å²) in [5.41, 5.74) is 7.88. The molecule has 2 N–H and O–H groups in total. The van der Waals surface area contributed by atoms with Crippen LogP contribution in [0.1, 0.15) is 37.4 Å². The highest BCUT2D eigenvalue weighted by Crippen LogP contribution is 2.19. The molecule has 0 saturated heterocycles. The number of anilines is 1. The number of nitrogens with two attached hydrogens (primary N) is 1. The lowest BCUT2D eigenvalue weighted by atomic mass is 10.1. The van der Waals surface area contributed by atoms with Crippen molar-refractivity contribution in [2.24, 2.45) is 5.73 Å². The Morgan fingerprint density at radius 1 is 1.29 bits per heavy atom. The van der Waals surface area contributed by atoms with Gasteiger partial charge >= 0.3 is 0 Å². The number of hydrogen-bond acceptors (Lipinski definition) is 5. The number of rotatable bonds is 7. The zero-order valence-corrected chi connectivity index (χ0v) is 12.7. The number of aromatic nitrogens is 3. The van der Waals surface area contributed by atoms with Crippen LogP contribution in [-0.2, 0) is 6.54 Å². The average Bonchev–Trinajstić information content (AvgIpc) is 2.52. The molecule has 0 aromatic carbocycles. The molecule has 0 radical (unpaired) electrons. The summed E-state index contributed by atoms with van der Waals surface area (Å²) in [6.45, 7) is 6.60. The lowest BCUT2D eigenvalue weighted by Gasteiger charge is -2.24. The second kappa shape index (κ2) is 7.69. The molecule has 0 fully saturated rings. The minimum atomic E-state index is 0.390. The van der Waals surface area contributed by atoms with E-state index in [-0.39, 0.29) is 0 Å². The van der Waals surface area contributed by atoms with Gasteiger partial charge in [-0.15, -0.1) is 0 Å². The third-order valence-electron chi connectivity index (χ3n) is 3.32. The van der Waals surface area contributed by atoms with Crippen LogP contribution in [0.25, 0.3) is 0 Å². The quantitative estimate of drug-likeness (QED) is 0.845. The molecule has 0 unspecified atom stereocenters. The van der Waals surface area contributed by atoms with Gasteiger partial charge in [0.15, 0.2) is 0 Å². The molecule has 112 valence electrons. The zero-order valence-electron chi connectivity index (χ0n) is 12.7. The Labute approximate surface area is 126 Å². The predicted molar refractivity (Wildman–Crippen MR) is 85.1 cm³/mol. The van der Waals surface area contributed by atoms with Gasteiger partial charge in [0.05, 0.1) is 0 Å². The molecule has 2 aromatic rings. The van der Waals surface area contributed by atoms with Crippen LogP contribution in [0, 0.1) is 0 Å². The maximum atomic E-state index is 5.65. The average molecular weight is 285 g/mol. The molecular weight excluding hydrogens is 262 g/mol. The fourth-order valence-corrected chi connectivity index (χ4v) is 2.12. The van der Waals surface area contributed by atoms with Crippen molar-refractivity contribution in [3.05, 3.63) is 48.2 Å². The summed E-state index contributed by atoms with van der Waals surface area (Å²) in [5, 5.41) is 0. The molecule has 0 amide bonds. The van der Waals surface area contributed by atoms with Crippen molar-refractivity contribution >= 4 is 5.82 Å². The summed E-state index contributed by atoms with van der Waals surface area (Å²) >= 11 is 0. The first-order valence-electron chi connectivity index (χ1n) is 7.36. The van der Waals surface area contributed by atoms with Gasteiger partial charge in [0.25, 0.3) is 0 Å². The third kappa shape index (κ3) is 4.49. The van der Waals surface area contributed by atoms with Gasteiger partial charge in [0.1, 0.15) is 12.1 Å². The Morgan fingerprint density at radius 2 is 2.14 bits per heavy atom. The smallest absolute Gasteiger partial charge is 0.132 e. The van der Waals surface area contributed by atoms with Gasteiger partial charge in [-0.2, -0.15) is 0 Å². The predicted octanol–water partition coefficient (Wildman–Crippen LogP) is 2.35. The largest absolute Gasteiger partial charge is 0.352 e. The molecule has 0 aliphatic carbocycles. The molecule has 2 rings (SSSR count). The van der Waals surface area contributed by atoms with E-state index in [9.17, 15) is 0 Å². The van der Waals surface area contributed by atoms with E-state index in [4.69, 9.17) is 5.73 Å². The summed E-state index contributed by atoms with van der Waals surface area (Å²) in [5.74, 6) is 1.34. The maximum absolute atomic E-state index is 5.65. The van der Waals surface area contributed by atoms with Crippen LogP contribution < -0.4 is 10.6 Å². The highest BCUT2D eigenvalue weighted by molar-refractivity contribution is 5.40. The summed E-state index contributed by atoms with van der Waals surface area (Å²) < 4.78 is 0. The molecule has 5 heteroatoms. The minimum Gasteiger partial charge on any atom is -0.352 e. The Bertz CT molecular complexity index is 541. The summed E-state index contributed by atoms with van der Waals surface area (Å²) in [6, 6.07) is 6.10. The highest BCUT2D eigenvalue weighted by Gasteiger charge is 2.11. The van der Waals surface area contributed by atoms with Crippen LogP contribution in [0.3, 0.4) is 0 Å². The van der Waals surface area contributed by atoms with Gasteiger partial charge in [-0.25, -0.2) is 9.97 Å². The van der Waals surface area contributed by atoms with E-state index in [0.29, 0.717) is 12.5 Å². The minimum absolute atomic E-state index is 0.390. The van der Waals surface area contributed by atoms with Crippen molar-refractivity contribution in [1.29, 1.82) is 0 Å².